The fourth-order valence-electron chi connectivity index (χ4n) is 2.59. The second kappa shape index (κ2) is 3.09. The van der Waals surface area contributed by atoms with Crippen molar-refractivity contribution in [1.82, 2.24) is 5.32 Å². The van der Waals surface area contributed by atoms with Crippen molar-refractivity contribution >= 4 is 5.84 Å². The van der Waals surface area contributed by atoms with Gasteiger partial charge in [0.05, 0.1) is 12.0 Å². The van der Waals surface area contributed by atoms with E-state index in [1.807, 2.05) is 0 Å². The standard InChI is InChI=1S/C13H16N2/c1-10-4-2-3-5-11(10)13(6-7-13)12-14-8-9-15-12/h2-5H,6-9H2,1H3,(H,14,15). The molecule has 0 unspecified atom stereocenters. The van der Waals surface area contributed by atoms with Crippen molar-refractivity contribution in [3.8, 4) is 0 Å². The van der Waals surface area contributed by atoms with Gasteiger partial charge in [-0.2, -0.15) is 0 Å². The fourth-order valence-corrected chi connectivity index (χ4v) is 2.59. The first-order valence-corrected chi connectivity index (χ1v) is 5.68. The third-order valence-electron chi connectivity index (χ3n) is 3.54. The maximum atomic E-state index is 4.59. The van der Waals surface area contributed by atoms with E-state index in [0.717, 1.165) is 13.1 Å². The third kappa shape index (κ3) is 1.28. The molecule has 0 bridgehead atoms. The molecule has 2 aliphatic rings. The maximum absolute atomic E-state index is 4.59. The molecule has 0 amide bonds. The number of benzene rings is 1. The maximum Gasteiger partial charge on any atom is 0.107 e. The second-order valence-corrected chi connectivity index (χ2v) is 4.55. The van der Waals surface area contributed by atoms with E-state index in [9.17, 15) is 0 Å². The summed E-state index contributed by atoms with van der Waals surface area (Å²) in [4.78, 5) is 4.59. The summed E-state index contributed by atoms with van der Waals surface area (Å²) in [5.41, 5.74) is 3.12. The lowest BCUT2D eigenvalue weighted by Gasteiger charge is -2.18. The van der Waals surface area contributed by atoms with Crippen LogP contribution in [-0.4, -0.2) is 18.9 Å². The number of hydrogen-bond donors (Lipinski definition) is 1. The Labute approximate surface area is 90.4 Å². The van der Waals surface area contributed by atoms with E-state index in [-0.39, 0.29) is 5.41 Å². The van der Waals surface area contributed by atoms with Crippen LogP contribution in [0.4, 0.5) is 0 Å². The molecule has 15 heavy (non-hydrogen) atoms. The molecule has 1 aliphatic carbocycles. The van der Waals surface area contributed by atoms with Crippen LogP contribution < -0.4 is 5.32 Å². The number of rotatable bonds is 2. The van der Waals surface area contributed by atoms with Gasteiger partial charge in [-0.15, -0.1) is 0 Å². The van der Waals surface area contributed by atoms with Crippen molar-refractivity contribution < 1.29 is 0 Å². The minimum atomic E-state index is 0.252. The summed E-state index contributed by atoms with van der Waals surface area (Å²) in [6.07, 6.45) is 2.51. The number of amidine groups is 1. The number of nitrogens with one attached hydrogen (secondary N) is 1. The molecule has 1 heterocycles. The van der Waals surface area contributed by atoms with Gasteiger partial charge in [0.25, 0.3) is 0 Å². The summed E-state index contributed by atoms with van der Waals surface area (Å²) in [5, 5.41) is 3.44. The Bertz CT molecular complexity index is 416. The normalized spacial score (nSPS) is 22.1. The Balaban J connectivity index is 2.03. The molecule has 1 aromatic carbocycles. The van der Waals surface area contributed by atoms with Gasteiger partial charge < -0.3 is 5.32 Å². The van der Waals surface area contributed by atoms with Crippen LogP contribution in [0.5, 0.6) is 0 Å². The van der Waals surface area contributed by atoms with Crippen LogP contribution in [0.15, 0.2) is 29.3 Å². The molecule has 78 valence electrons. The van der Waals surface area contributed by atoms with Gasteiger partial charge in [0, 0.05) is 6.54 Å². The molecule has 0 radical (unpaired) electrons. The van der Waals surface area contributed by atoms with Gasteiger partial charge in [0.1, 0.15) is 5.84 Å². The Kier molecular flexibility index (Phi) is 1.84. The monoisotopic (exact) mass is 200 g/mol. The zero-order valence-corrected chi connectivity index (χ0v) is 9.09. The van der Waals surface area contributed by atoms with Gasteiger partial charge in [0.15, 0.2) is 0 Å². The zero-order valence-electron chi connectivity index (χ0n) is 9.09. The first-order valence-electron chi connectivity index (χ1n) is 5.68. The first-order chi connectivity index (χ1) is 7.33. The van der Waals surface area contributed by atoms with Crippen LogP contribution in [0, 0.1) is 6.92 Å². The SMILES string of the molecule is Cc1ccccc1C1(C2=NCCN2)CC1. The molecule has 1 N–H and O–H groups in total. The number of aryl methyl sites for hydroxylation is 1. The van der Waals surface area contributed by atoms with Gasteiger partial charge in [-0.05, 0) is 30.9 Å². The number of aliphatic imine (C=N–C) groups is 1. The predicted octanol–water partition coefficient (Wildman–Crippen LogP) is 2.03. The highest BCUT2D eigenvalue weighted by Gasteiger charge is 2.50. The summed E-state index contributed by atoms with van der Waals surface area (Å²) in [6.45, 7) is 4.16. The lowest BCUT2D eigenvalue weighted by atomic mass is 9.91. The van der Waals surface area contributed by atoms with Crippen molar-refractivity contribution in [2.45, 2.75) is 25.2 Å². The quantitative estimate of drug-likeness (QED) is 0.776. The van der Waals surface area contributed by atoms with Crippen molar-refractivity contribution in [1.29, 1.82) is 0 Å². The Morgan fingerprint density at radius 2 is 2.07 bits per heavy atom. The predicted molar refractivity (Wildman–Crippen MR) is 62.4 cm³/mol. The molecule has 3 rings (SSSR count). The fraction of sp³-hybridized carbons (Fsp3) is 0.462. The van der Waals surface area contributed by atoms with Crippen molar-refractivity contribution in [3.63, 3.8) is 0 Å². The lowest BCUT2D eigenvalue weighted by Crippen LogP contribution is -2.31. The van der Waals surface area contributed by atoms with Gasteiger partial charge in [-0.25, -0.2) is 0 Å². The van der Waals surface area contributed by atoms with Crippen LogP contribution in [0.1, 0.15) is 24.0 Å². The highest BCUT2D eigenvalue weighted by molar-refractivity contribution is 5.97. The summed E-state index contributed by atoms with van der Waals surface area (Å²) in [7, 11) is 0. The van der Waals surface area contributed by atoms with Crippen LogP contribution in [0.2, 0.25) is 0 Å². The van der Waals surface area contributed by atoms with E-state index >= 15 is 0 Å². The zero-order chi connectivity index (χ0) is 10.3. The third-order valence-corrected chi connectivity index (χ3v) is 3.54. The second-order valence-electron chi connectivity index (χ2n) is 4.55. The first kappa shape index (κ1) is 8.96. The molecule has 0 atom stereocenters. The minimum absolute atomic E-state index is 0.252. The Hall–Kier alpha value is -1.31. The summed E-state index contributed by atoms with van der Waals surface area (Å²) >= 11 is 0. The van der Waals surface area contributed by atoms with Crippen molar-refractivity contribution in [2.24, 2.45) is 4.99 Å². The molecule has 1 aromatic rings. The number of hydrogen-bond acceptors (Lipinski definition) is 2. The van der Waals surface area contributed by atoms with Crippen LogP contribution in [-0.2, 0) is 5.41 Å². The number of nitrogens with zero attached hydrogens (tertiary/aromatic N) is 1. The molecule has 2 nitrogen and oxygen atoms in total. The van der Waals surface area contributed by atoms with E-state index in [1.165, 1.54) is 29.8 Å². The van der Waals surface area contributed by atoms with E-state index in [1.54, 1.807) is 0 Å². The Morgan fingerprint density at radius 3 is 2.67 bits per heavy atom. The molecule has 1 fully saturated rings. The van der Waals surface area contributed by atoms with E-state index in [4.69, 9.17) is 0 Å². The highest BCUT2D eigenvalue weighted by atomic mass is 15.1. The van der Waals surface area contributed by atoms with Crippen molar-refractivity contribution in [2.75, 3.05) is 13.1 Å². The molecule has 2 heteroatoms. The average Bonchev–Trinajstić information content (AvgIpc) is 2.87. The van der Waals surface area contributed by atoms with Gasteiger partial charge in [-0.3, -0.25) is 4.99 Å². The summed E-state index contributed by atoms with van der Waals surface area (Å²) in [5.74, 6) is 1.23. The molecular weight excluding hydrogens is 184 g/mol. The van der Waals surface area contributed by atoms with Crippen LogP contribution >= 0.6 is 0 Å². The Morgan fingerprint density at radius 1 is 1.27 bits per heavy atom. The average molecular weight is 200 g/mol. The highest BCUT2D eigenvalue weighted by Crippen LogP contribution is 2.50. The van der Waals surface area contributed by atoms with E-state index < -0.39 is 0 Å². The van der Waals surface area contributed by atoms with Gasteiger partial charge >= 0.3 is 0 Å². The summed E-state index contributed by atoms with van der Waals surface area (Å²) in [6, 6.07) is 8.70. The van der Waals surface area contributed by atoms with Gasteiger partial charge in [0.2, 0.25) is 0 Å². The molecular formula is C13H16N2. The largest absolute Gasteiger partial charge is 0.371 e. The van der Waals surface area contributed by atoms with Crippen LogP contribution in [0.3, 0.4) is 0 Å². The molecule has 1 aliphatic heterocycles. The van der Waals surface area contributed by atoms with E-state index in [2.05, 4.69) is 41.5 Å². The molecule has 0 saturated heterocycles. The van der Waals surface area contributed by atoms with Gasteiger partial charge in [-0.1, -0.05) is 24.3 Å². The van der Waals surface area contributed by atoms with E-state index in [0.29, 0.717) is 0 Å². The molecule has 1 saturated carbocycles. The van der Waals surface area contributed by atoms with Crippen LogP contribution in [0.25, 0.3) is 0 Å². The smallest absolute Gasteiger partial charge is 0.107 e. The lowest BCUT2D eigenvalue weighted by molar-refractivity contribution is 0.872. The summed E-state index contributed by atoms with van der Waals surface area (Å²) < 4.78 is 0. The topological polar surface area (TPSA) is 24.4 Å². The minimum Gasteiger partial charge on any atom is -0.371 e. The van der Waals surface area contributed by atoms with Crippen molar-refractivity contribution in [3.05, 3.63) is 35.4 Å². The molecule has 0 aromatic heterocycles. The molecule has 0 spiro atoms.